The van der Waals surface area contributed by atoms with Crippen molar-refractivity contribution in [3.8, 4) is 0 Å². The van der Waals surface area contributed by atoms with Crippen LogP contribution < -0.4 is 5.32 Å². The number of benzene rings is 1. The first-order valence-electron chi connectivity index (χ1n) is 9.16. The number of imide groups is 1. The van der Waals surface area contributed by atoms with E-state index in [2.05, 4.69) is 5.32 Å². The van der Waals surface area contributed by atoms with Gasteiger partial charge in [0.25, 0.3) is 21.8 Å². The van der Waals surface area contributed by atoms with Gasteiger partial charge in [0.1, 0.15) is 10.8 Å². The molecule has 0 saturated carbocycles. The van der Waals surface area contributed by atoms with Crippen LogP contribution in [0.25, 0.3) is 0 Å². The molecule has 0 unspecified atom stereocenters. The molecule has 1 N–H and O–H groups in total. The summed E-state index contributed by atoms with van der Waals surface area (Å²) in [4.78, 5) is 38.0. The van der Waals surface area contributed by atoms with E-state index >= 15 is 0 Å². The van der Waals surface area contributed by atoms with Gasteiger partial charge in [-0.15, -0.1) is 11.3 Å². The molecular weight excluding hydrogens is 414 g/mol. The molecule has 2 aliphatic rings. The number of hydrogen-bond acceptors (Lipinski definition) is 6. The minimum absolute atomic E-state index is 0.201. The van der Waals surface area contributed by atoms with Gasteiger partial charge >= 0.3 is 0 Å². The molecule has 4 rings (SSSR count). The summed E-state index contributed by atoms with van der Waals surface area (Å²) in [5.41, 5.74) is 0.606. The fraction of sp³-hybridized carbons (Fsp3) is 0.316. The predicted molar refractivity (Wildman–Crippen MR) is 106 cm³/mol. The molecule has 1 aromatic heterocycles. The lowest BCUT2D eigenvalue weighted by molar-refractivity contribution is -0.122. The highest BCUT2D eigenvalue weighted by atomic mass is 32.2. The molecule has 8 nitrogen and oxygen atoms in total. The van der Waals surface area contributed by atoms with Crippen LogP contribution in [0.3, 0.4) is 0 Å². The molecule has 1 fully saturated rings. The van der Waals surface area contributed by atoms with Crippen LogP contribution in [-0.4, -0.2) is 61.0 Å². The van der Waals surface area contributed by atoms with E-state index in [4.69, 9.17) is 0 Å². The summed E-state index contributed by atoms with van der Waals surface area (Å²) in [5, 5.41) is 4.54. The average molecular weight is 434 g/mol. The van der Waals surface area contributed by atoms with E-state index in [-0.39, 0.29) is 12.6 Å². The van der Waals surface area contributed by atoms with Gasteiger partial charge in [0.15, 0.2) is 0 Å². The number of thiophene rings is 1. The summed E-state index contributed by atoms with van der Waals surface area (Å²) in [7, 11) is -3.49. The Morgan fingerprint density at radius 1 is 1.03 bits per heavy atom. The van der Waals surface area contributed by atoms with Gasteiger partial charge < -0.3 is 5.32 Å². The fourth-order valence-electron chi connectivity index (χ4n) is 3.58. The molecule has 0 atom stereocenters. The molecule has 3 heterocycles. The molecule has 0 radical (unpaired) electrons. The zero-order chi connectivity index (χ0) is 20.6. The predicted octanol–water partition coefficient (Wildman–Crippen LogP) is 1.31. The van der Waals surface area contributed by atoms with Crippen molar-refractivity contribution < 1.29 is 22.8 Å². The zero-order valence-corrected chi connectivity index (χ0v) is 17.0. The number of carbonyl (C=O) groups is 3. The lowest BCUT2D eigenvalue weighted by atomic mass is 10.1. The van der Waals surface area contributed by atoms with E-state index in [1.807, 2.05) is 0 Å². The number of hydrogen-bond donors (Lipinski definition) is 1. The SMILES string of the molecule is O=C(CN1C(=O)c2ccccc2C1=O)NC1CCN(S(=O)(=O)c2cccs2)CC1. The van der Waals surface area contributed by atoms with E-state index in [9.17, 15) is 22.8 Å². The fourth-order valence-corrected chi connectivity index (χ4v) is 6.19. The molecule has 0 bridgehead atoms. The maximum atomic E-state index is 12.6. The summed E-state index contributed by atoms with van der Waals surface area (Å²) in [6, 6.07) is 9.55. The second-order valence-electron chi connectivity index (χ2n) is 6.92. The third-order valence-electron chi connectivity index (χ3n) is 5.09. The summed E-state index contributed by atoms with van der Waals surface area (Å²) in [6.07, 6.45) is 0.941. The van der Waals surface area contributed by atoms with Gasteiger partial charge in [-0.05, 0) is 36.4 Å². The van der Waals surface area contributed by atoms with Crippen molar-refractivity contribution in [1.29, 1.82) is 0 Å². The summed E-state index contributed by atoms with van der Waals surface area (Å²) in [5.74, 6) is -1.38. The number of amides is 3. The van der Waals surface area contributed by atoms with E-state index in [1.54, 1.807) is 41.8 Å². The molecule has 3 amide bonds. The molecule has 2 aromatic rings. The van der Waals surface area contributed by atoms with Gasteiger partial charge in [0.2, 0.25) is 5.91 Å². The summed E-state index contributed by atoms with van der Waals surface area (Å²) in [6.45, 7) is 0.260. The van der Waals surface area contributed by atoms with E-state index < -0.39 is 27.7 Å². The van der Waals surface area contributed by atoms with Gasteiger partial charge in [0.05, 0.1) is 11.1 Å². The summed E-state index contributed by atoms with van der Waals surface area (Å²) < 4.78 is 26.8. The van der Waals surface area contributed by atoms with Crippen LogP contribution in [0.1, 0.15) is 33.6 Å². The van der Waals surface area contributed by atoms with Crippen molar-refractivity contribution >= 4 is 39.1 Å². The smallest absolute Gasteiger partial charge is 0.262 e. The van der Waals surface area contributed by atoms with Gasteiger partial charge in [-0.1, -0.05) is 18.2 Å². The van der Waals surface area contributed by atoms with Crippen molar-refractivity contribution in [3.05, 3.63) is 52.9 Å². The largest absolute Gasteiger partial charge is 0.352 e. The minimum atomic E-state index is -3.49. The Morgan fingerprint density at radius 2 is 1.66 bits per heavy atom. The molecule has 0 spiro atoms. The highest BCUT2D eigenvalue weighted by Gasteiger charge is 2.37. The summed E-state index contributed by atoms with van der Waals surface area (Å²) >= 11 is 1.18. The molecular formula is C19H19N3O5S2. The first-order chi connectivity index (χ1) is 13.9. The molecule has 152 valence electrons. The highest BCUT2D eigenvalue weighted by molar-refractivity contribution is 7.91. The monoisotopic (exact) mass is 433 g/mol. The molecule has 10 heteroatoms. The van der Waals surface area contributed by atoms with Crippen LogP contribution in [0.2, 0.25) is 0 Å². The highest BCUT2D eigenvalue weighted by Crippen LogP contribution is 2.25. The molecule has 1 saturated heterocycles. The Kier molecular flexibility index (Phi) is 5.24. The lowest BCUT2D eigenvalue weighted by Gasteiger charge is -2.31. The molecule has 2 aliphatic heterocycles. The quantitative estimate of drug-likeness (QED) is 0.716. The van der Waals surface area contributed by atoms with Crippen LogP contribution in [0.4, 0.5) is 0 Å². The van der Waals surface area contributed by atoms with Crippen LogP contribution in [-0.2, 0) is 14.8 Å². The van der Waals surface area contributed by atoms with E-state index in [1.165, 1.54) is 15.6 Å². The Hall–Kier alpha value is -2.56. The second kappa shape index (κ2) is 7.69. The van der Waals surface area contributed by atoms with Gasteiger partial charge in [-0.3, -0.25) is 19.3 Å². The topological polar surface area (TPSA) is 104 Å². The Balaban J connectivity index is 1.32. The zero-order valence-electron chi connectivity index (χ0n) is 15.4. The van der Waals surface area contributed by atoms with Crippen molar-refractivity contribution in [3.63, 3.8) is 0 Å². The Morgan fingerprint density at radius 3 is 2.21 bits per heavy atom. The van der Waals surface area contributed by atoms with Crippen molar-refractivity contribution in [2.24, 2.45) is 0 Å². The minimum Gasteiger partial charge on any atom is -0.352 e. The van der Waals surface area contributed by atoms with Crippen LogP contribution in [0.5, 0.6) is 0 Å². The first-order valence-corrected chi connectivity index (χ1v) is 11.5. The molecule has 0 aliphatic carbocycles. The van der Waals surface area contributed by atoms with Crippen LogP contribution >= 0.6 is 11.3 Å². The van der Waals surface area contributed by atoms with E-state index in [0.717, 1.165) is 4.90 Å². The van der Waals surface area contributed by atoms with Gasteiger partial charge in [0, 0.05) is 19.1 Å². The van der Waals surface area contributed by atoms with Crippen molar-refractivity contribution in [1.82, 2.24) is 14.5 Å². The second-order valence-corrected chi connectivity index (χ2v) is 10.0. The number of sulfonamides is 1. The number of fused-ring (bicyclic) bond motifs is 1. The average Bonchev–Trinajstić information content (AvgIpc) is 3.34. The third-order valence-corrected chi connectivity index (χ3v) is 8.36. The molecule has 29 heavy (non-hydrogen) atoms. The number of piperidine rings is 1. The normalized spacial score (nSPS) is 18.1. The van der Waals surface area contributed by atoms with Crippen LogP contribution in [0, 0.1) is 0 Å². The van der Waals surface area contributed by atoms with Crippen molar-refractivity contribution in [2.45, 2.75) is 23.1 Å². The van der Waals surface area contributed by atoms with E-state index in [0.29, 0.717) is 41.3 Å². The Labute approximate surface area is 172 Å². The number of nitrogens with one attached hydrogen (secondary N) is 1. The third kappa shape index (κ3) is 3.70. The van der Waals surface area contributed by atoms with Crippen LogP contribution in [0.15, 0.2) is 46.0 Å². The van der Waals surface area contributed by atoms with Gasteiger partial charge in [-0.25, -0.2) is 8.42 Å². The molecule has 1 aromatic carbocycles. The number of carbonyl (C=O) groups excluding carboxylic acids is 3. The van der Waals surface area contributed by atoms with Gasteiger partial charge in [-0.2, -0.15) is 4.31 Å². The van der Waals surface area contributed by atoms with Crippen molar-refractivity contribution in [2.75, 3.05) is 19.6 Å². The number of nitrogens with zero attached hydrogens (tertiary/aromatic N) is 2. The first kappa shape index (κ1) is 19.7. The Bertz CT molecular complexity index is 1020. The maximum Gasteiger partial charge on any atom is 0.262 e. The number of rotatable bonds is 5. The standard InChI is InChI=1S/C19H19N3O5S2/c23-16(12-22-18(24)14-4-1-2-5-15(14)19(22)25)20-13-7-9-21(10-8-13)29(26,27)17-6-3-11-28-17/h1-6,11,13H,7-10,12H2,(H,20,23). The maximum absolute atomic E-state index is 12.6. The lowest BCUT2D eigenvalue weighted by Crippen LogP contribution is -2.49.